The maximum Gasteiger partial charge on any atom is 0.306 e. The van der Waals surface area contributed by atoms with Gasteiger partial charge in [-0.3, -0.25) is 9.59 Å². The molecule has 0 unspecified atom stereocenters. The first-order valence-corrected chi connectivity index (χ1v) is 7.14. The monoisotopic (exact) mass is 254 g/mol. The van der Waals surface area contributed by atoms with Gasteiger partial charge in [0, 0.05) is 12.8 Å². The zero-order valence-corrected chi connectivity index (χ0v) is 11.8. The maximum absolute atomic E-state index is 11.8. The van der Waals surface area contributed by atoms with Crippen LogP contribution in [0.15, 0.2) is 0 Å². The Bertz CT molecular complexity index is 288. The second-order valence-electron chi connectivity index (χ2n) is 6.27. The second-order valence-corrected chi connectivity index (χ2v) is 6.27. The molecular formula is C15H26O3. The third kappa shape index (κ3) is 4.79. The molecule has 0 aliphatic heterocycles. The molecule has 3 heteroatoms. The largest absolute Gasteiger partial charge is 0.481 e. The van der Waals surface area contributed by atoms with E-state index in [1.165, 1.54) is 0 Å². The number of aliphatic carboxylic acids is 1. The molecule has 1 fully saturated rings. The normalized spacial score (nSPS) is 26.0. The molecule has 0 saturated heterocycles. The van der Waals surface area contributed by atoms with Gasteiger partial charge in [-0.25, -0.2) is 0 Å². The van der Waals surface area contributed by atoms with Crippen molar-refractivity contribution < 1.29 is 14.7 Å². The summed E-state index contributed by atoms with van der Waals surface area (Å²) in [5.74, 6) is 0.935. The molecule has 0 heterocycles. The predicted molar refractivity (Wildman–Crippen MR) is 71.3 cm³/mol. The Kier molecular flexibility index (Phi) is 5.83. The molecule has 3 nitrogen and oxygen atoms in total. The molecule has 1 N–H and O–H groups in total. The molecule has 0 aromatic carbocycles. The standard InChI is InChI=1S/C15H26O3/c1-10(2)8-14(16)9-11(3)12-4-6-13(7-5-12)15(17)18/h10-13H,4-9H2,1-3H3,(H,17,18)/t11-,12?,13?/m1/s1. The number of carbonyl (C=O) groups excluding carboxylic acids is 1. The van der Waals surface area contributed by atoms with Gasteiger partial charge >= 0.3 is 5.97 Å². The van der Waals surface area contributed by atoms with E-state index in [4.69, 9.17) is 5.11 Å². The fourth-order valence-electron chi connectivity index (χ4n) is 3.00. The Labute approximate surface area is 110 Å². The number of hydrogen-bond donors (Lipinski definition) is 1. The summed E-state index contributed by atoms with van der Waals surface area (Å²) in [6, 6.07) is 0. The number of carboxylic acids is 1. The highest BCUT2D eigenvalue weighted by Crippen LogP contribution is 2.35. The molecule has 1 aliphatic rings. The Hall–Kier alpha value is -0.860. The lowest BCUT2D eigenvalue weighted by atomic mass is 9.75. The number of carbonyl (C=O) groups is 2. The van der Waals surface area contributed by atoms with E-state index in [-0.39, 0.29) is 5.92 Å². The molecular weight excluding hydrogens is 228 g/mol. The van der Waals surface area contributed by atoms with Gasteiger partial charge in [0.2, 0.25) is 0 Å². The van der Waals surface area contributed by atoms with E-state index in [1.54, 1.807) is 0 Å². The lowest BCUT2D eigenvalue weighted by molar-refractivity contribution is -0.143. The van der Waals surface area contributed by atoms with Crippen molar-refractivity contribution in [1.29, 1.82) is 0 Å². The average Bonchev–Trinajstić information content (AvgIpc) is 2.27. The van der Waals surface area contributed by atoms with E-state index in [0.29, 0.717) is 36.4 Å². The van der Waals surface area contributed by atoms with Gasteiger partial charge in [0.05, 0.1) is 5.92 Å². The summed E-state index contributed by atoms with van der Waals surface area (Å²) in [6.45, 7) is 6.28. The number of carboxylic acid groups (broad SMARTS) is 1. The van der Waals surface area contributed by atoms with Crippen LogP contribution in [0.1, 0.15) is 59.3 Å². The summed E-state index contributed by atoms with van der Waals surface area (Å²) in [4.78, 5) is 22.7. The molecule has 0 aromatic heterocycles. The van der Waals surface area contributed by atoms with E-state index in [2.05, 4.69) is 20.8 Å². The number of ketones is 1. The fraction of sp³-hybridized carbons (Fsp3) is 0.867. The Balaban J connectivity index is 2.33. The van der Waals surface area contributed by atoms with Crippen LogP contribution in [-0.4, -0.2) is 16.9 Å². The Morgan fingerprint density at radius 3 is 2.06 bits per heavy atom. The Morgan fingerprint density at radius 2 is 1.61 bits per heavy atom. The van der Waals surface area contributed by atoms with Crippen molar-refractivity contribution in [3.8, 4) is 0 Å². The number of rotatable bonds is 6. The van der Waals surface area contributed by atoms with Gasteiger partial charge in [0.15, 0.2) is 0 Å². The maximum atomic E-state index is 11.8. The number of Topliss-reactive ketones (excluding diaryl/α,β-unsaturated/α-hetero) is 1. The molecule has 18 heavy (non-hydrogen) atoms. The van der Waals surface area contributed by atoms with Crippen LogP contribution in [0.2, 0.25) is 0 Å². The van der Waals surface area contributed by atoms with Crippen molar-refractivity contribution >= 4 is 11.8 Å². The van der Waals surface area contributed by atoms with Crippen LogP contribution in [0.5, 0.6) is 0 Å². The lowest BCUT2D eigenvalue weighted by Crippen LogP contribution is -2.25. The molecule has 1 rings (SSSR count). The van der Waals surface area contributed by atoms with E-state index in [0.717, 1.165) is 25.7 Å². The SMILES string of the molecule is CC(C)CC(=O)C[C@@H](C)C1CCC(C(=O)O)CC1. The molecule has 0 radical (unpaired) electrons. The van der Waals surface area contributed by atoms with Gasteiger partial charge in [-0.2, -0.15) is 0 Å². The van der Waals surface area contributed by atoms with Gasteiger partial charge in [0.25, 0.3) is 0 Å². The summed E-state index contributed by atoms with van der Waals surface area (Å²) in [5, 5.41) is 8.95. The Morgan fingerprint density at radius 1 is 1.06 bits per heavy atom. The summed E-state index contributed by atoms with van der Waals surface area (Å²) in [6.07, 6.45) is 4.83. The van der Waals surface area contributed by atoms with Crippen molar-refractivity contribution in [3.05, 3.63) is 0 Å². The van der Waals surface area contributed by atoms with Crippen LogP contribution in [0.25, 0.3) is 0 Å². The van der Waals surface area contributed by atoms with Crippen molar-refractivity contribution in [2.24, 2.45) is 23.7 Å². The van der Waals surface area contributed by atoms with E-state index in [9.17, 15) is 9.59 Å². The van der Waals surface area contributed by atoms with E-state index < -0.39 is 5.97 Å². The number of hydrogen-bond acceptors (Lipinski definition) is 2. The highest BCUT2D eigenvalue weighted by molar-refractivity contribution is 5.78. The van der Waals surface area contributed by atoms with Gasteiger partial charge in [-0.15, -0.1) is 0 Å². The highest BCUT2D eigenvalue weighted by Gasteiger charge is 2.29. The van der Waals surface area contributed by atoms with Gasteiger partial charge < -0.3 is 5.11 Å². The zero-order valence-electron chi connectivity index (χ0n) is 11.8. The summed E-state index contributed by atoms with van der Waals surface area (Å²) in [7, 11) is 0. The van der Waals surface area contributed by atoms with Crippen LogP contribution in [0.4, 0.5) is 0 Å². The first-order valence-electron chi connectivity index (χ1n) is 7.14. The molecule has 1 saturated carbocycles. The third-order valence-corrected chi connectivity index (χ3v) is 4.11. The van der Waals surface area contributed by atoms with Crippen LogP contribution < -0.4 is 0 Å². The summed E-state index contributed by atoms with van der Waals surface area (Å²) >= 11 is 0. The molecule has 0 bridgehead atoms. The minimum absolute atomic E-state index is 0.153. The van der Waals surface area contributed by atoms with Crippen molar-refractivity contribution in [3.63, 3.8) is 0 Å². The predicted octanol–water partition coefficient (Wildman–Crippen LogP) is 3.52. The van der Waals surface area contributed by atoms with E-state index >= 15 is 0 Å². The van der Waals surface area contributed by atoms with Crippen LogP contribution >= 0.6 is 0 Å². The summed E-state index contributed by atoms with van der Waals surface area (Å²) in [5.41, 5.74) is 0. The minimum atomic E-state index is -0.656. The average molecular weight is 254 g/mol. The molecule has 0 amide bonds. The molecule has 0 aromatic rings. The van der Waals surface area contributed by atoms with Gasteiger partial charge in [0.1, 0.15) is 5.78 Å². The molecule has 1 atom stereocenters. The lowest BCUT2D eigenvalue weighted by Gasteiger charge is -2.30. The smallest absolute Gasteiger partial charge is 0.306 e. The molecule has 1 aliphatic carbocycles. The zero-order chi connectivity index (χ0) is 13.7. The van der Waals surface area contributed by atoms with Gasteiger partial charge in [-0.1, -0.05) is 20.8 Å². The van der Waals surface area contributed by atoms with Crippen molar-refractivity contribution in [2.75, 3.05) is 0 Å². The first-order chi connectivity index (χ1) is 8.40. The van der Waals surface area contributed by atoms with Crippen molar-refractivity contribution in [2.45, 2.75) is 59.3 Å². The fourth-order valence-corrected chi connectivity index (χ4v) is 3.00. The van der Waals surface area contributed by atoms with Crippen LogP contribution in [0.3, 0.4) is 0 Å². The van der Waals surface area contributed by atoms with Crippen molar-refractivity contribution in [1.82, 2.24) is 0 Å². The second kappa shape index (κ2) is 6.91. The third-order valence-electron chi connectivity index (χ3n) is 4.11. The molecule has 104 valence electrons. The minimum Gasteiger partial charge on any atom is -0.481 e. The van der Waals surface area contributed by atoms with Crippen LogP contribution in [0, 0.1) is 23.7 Å². The quantitative estimate of drug-likeness (QED) is 0.789. The highest BCUT2D eigenvalue weighted by atomic mass is 16.4. The first kappa shape index (κ1) is 15.2. The topological polar surface area (TPSA) is 54.4 Å². The van der Waals surface area contributed by atoms with Crippen LogP contribution in [-0.2, 0) is 9.59 Å². The van der Waals surface area contributed by atoms with Gasteiger partial charge in [-0.05, 0) is 43.4 Å². The summed E-state index contributed by atoms with van der Waals surface area (Å²) < 4.78 is 0. The molecule has 0 spiro atoms. The van der Waals surface area contributed by atoms with E-state index in [1.807, 2.05) is 0 Å².